The monoisotopic (exact) mass is 336 g/mol. The Morgan fingerprint density at radius 1 is 1.30 bits per heavy atom. The van der Waals surface area contributed by atoms with E-state index in [0.717, 1.165) is 0 Å². The molecule has 2 heterocycles. The predicted octanol–water partition coefficient (Wildman–Crippen LogP) is 0.705. The quantitative estimate of drug-likeness (QED) is 0.761. The van der Waals surface area contributed by atoms with Gasteiger partial charge in [0.25, 0.3) is 5.91 Å². The Morgan fingerprint density at radius 3 is 2.74 bits per heavy atom. The van der Waals surface area contributed by atoms with E-state index in [2.05, 4.69) is 20.2 Å². The highest BCUT2D eigenvalue weighted by Crippen LogP contribution is 2.28. The van der Waals surface area contributed by atoms with Crippen molar-refractivity contribution in [3.8, 4) is 5.75 Å². The third kappa shape index (κ3) is 2.92. The van der Waals surface area contributed by atoms with Crippen LogP contribution in [0, 0.1) is 13.8 Å². The third-order valence-corrected chi connectivity index (χ3v) is 5.18. The standard InChI is InChI=1S/C14H16N4O4S/c1-8-13(9(2)18-17-8)23(20,21)15-7-12-14(19)16-10-5-3-4-6-11(10)22-12/h3-6,12,15H,7H2,1-2H3,(H,16,19)(H,17,18). The van der Waals surface area contributed by atoms with Crippen molar-refractivity contribution in [3.05, 3.63) is 35.7 Å². The summed E-state index contributed by atoms with van der Waals surface area (Å²) >= 11 is 0. The highest BCUT2D eigenvalue weighted by Gasteiger charge is 2.30. The molecule has 1 aromatic carbocycles. The summed E-state index contributed by atoms with van der Waals surface area (Å²) in [5, 5.41) is 9.18. The number of aryl methyl sites for hydroxylation is 2. The highest BCUT2D eigenvalue weighted by molar-refractivity contribution is 7.89. The van der Waals surface area contributed by atoms with E-state index in [4.69, 9.17) is 4.74 Å². The maximum atomic E-state index is 12.4. The van der Waals surface area contributed by atoms with E-state index in [-0.39, 0.29) is 11.4 Å². The third-order valence-electron chi connectivity index (χ3n) is 3.49. The normalized spacial score (nSPS) is 17.3. The molecule has 1 aliphatic heterocycles. The minimum atomic E-state index is -3.78. The zero-order valence-electron chi connectivity index (χ0n) is 12.6. The Hall–Kier alpha value is -2.39. The van der Waals surface area contributed by atoms with E-state index < -0.39 is 22.0 Å². The molecule has 0 aliphatic carbocycles. The SMILES string of the molecule is Cc1n[nH]c(C)c1S(=O)(=O)NCC1Oc2ccccc2NC1=O. The van der Waals surface area contributed by atoms with Crippen molar-refractivity contribution >= 4 is 21.6 Å². The van der Waals surface area contributed by atoms with Crippen LogP contribution in [0.2, 0.25) is 0 Å². The number of hydrogen-bond donors (Lipinski definition) is 3. The van der Waals surface area contributed by atoms with Crippen molar-refractivity contribution in [2.45, 2.75) is 24.8 Å². The minimum absolute atomic E-state index is 0.0918. The van der Waals surface area contributed by atoms with Gasteiger partial charge in [-0.05, 0) is 26.0 Å². The van der Waals surface area contributed by atoms with Crippen LogP contribution in [0.15, 0.2) is 29.2 Å². The van der Waals surface area contributed by atoms with Crippen molar-refractivity contribution in [1.82, 2.24) is 14.9 Å². The van der Waals surface area contributed by atoms with Gasteiger partial charge in [0.1, 0.15) is 10.6 Å². The molecule has 3 rings (SSSR count). The Labute approximate surface area is 133 Å². The van der Waals surface area contributed by atoms with E-state index in [1.165, 1.54) is 0 Å². The largest absolute Gasteiger partial charge is 0.477 e. The first-order valence-corrected chi connectivity index (χ1v) is 8.44. The Kier molecular flexibility index (Phi) is 3.82. The summed E-state index contributed by atoms with van der Waals surface area (Å²) in [6.45, 7) is 3.04. The summed E-state index contributed by atoms with van der Waals surface area (Å²) in [5.41, 5.74) is 1.38. The molecule has 0 saturated heterocycles. The van der Waals surface area contributed by atoms with Gasteiger partial charge in [-0.15, -0.1) is 0 Å². The lowest BCUT2D eigenvalue weighted by molar-refractivity contribution is -0.123. The Balaban J connectivity index is 1.75. The smallest absolute Gasteiger partial charge is 0.266 e. The van der Waals surface area contributed by atoms with E-state index in [0.29, 0.717) is 22.8 Å². The number of nitrogens with one attached hydrogen (secondary N) is 3. The van der Waals surface area contributed by atoms with Crippen LogP contribution in [0.3, 0.4) is 0 Å². The number of benzene rings is 1. The highest BCUT2D eigenvalue weighted by atomic mass is 32.2. The molecule has 9 heteroatoms. The van der Waals surface area contributed by atoms with Gasteiger partial charge >= 0.3 is 0 Å². The zero-order valence-corrected chi connectivity index (χ0v) is 13.4. The molecule has 8 nitrogen and oxygen atoms in total. The summed E-state index contributed by atoms with van der Waals surface area (Å²) in [4.78, 5) is 12.1. The molecule has 1 unspecified atom stereocenters. The summed E-state index contributed by atoms with van der Waals surface area (Å²) in [6, 6.07) is 6.97. The lowest BCUT2D eigenvalue weighted by atomic mass is 10.2. The van der Waals surface area contributed by atoms with E-state index in [1.54, 1.807) is 38.1 Å². The van der Waals surface area contributed by atoms with Crippen LogP contribution in [0.25, 0.3) is 0 Å². The van der Waals surface area contributed by atoms with Gasteiger partial charge in [-0.25, -0.2) is 13.1 Å². The average molecular weight is 336 g/mol. The van der Waals surface area contributed by atoms with Gasteiger partial charge in [-0.3, -0.25) is 9.89 Å². The van der Waals surface area contributed by atoms with Crippen LogP contribution < -0.4 is 14.8 Å². The zero-order chi connectivity index (χ0) is 16.6. The number of anilines is 1. The topological polar surface area (TPSA) is 113 Å². The average Bonchev–Trinajstić information content (AvgIpc) is 2.85. The number of carbonyl (C=O) groups excluding carboxylic acids is 1. The number of nitrogens with zero attached hydrogens (tertiary/aromatic N) is 1. The molecule has 1 amide bonds. The van der Waals surface area contributed by atoms with Crippen LogP contribution in [-0.2, 0) is 14.8 Å². The second-order valence-corrected chi connectivity index (χ2v) is 6.91. The van der Waals surface area contributed by atoms with Crippen molar-refractivity contribution in [3.63, 3.8) is 0 Å². The van der Waals surface area contributed by atoms with Crippen molar-refractivity contribution in [2.75, 3.05) is 11.9 Å². The van der Waals surface area contributed by atoms with Gasteiger partial charge in [-0.1, -0.05) is 12.1 Å². The lowest BCUT2D eigenvalue weighted by Crippen LogP contribution is -2.45. The molecular weight excluding hydrogens is 320 g/mol. The number of ether oxygens (including phenoxy) is 1. The molecule has 0 fully saturated rings. The molecule has 0 radical (unpaired) electrons. The van der Waals surface area contributed by atoms with Crippen LogP contribution in [0.4, 0.5) is 5.69 Å². The second-order valence-electron chi connectivity index (χ2n) is 5.21. The molecule has 3 N–H and O–H groups in total. The fraction of sp³-hybridized carbons (Fsp3) is 0.286. The first-order valence-electron chi connectivity index (χ1n) is 6.96. The molecule has 122 valence electrons. The van der Waals surface area contributed by atoms with Gasteiger partial charge < -0.3 is 10.1 Å². The summed E-state index contributed by atoms with van der Waals surface area (Å²) < 4.78 is 32.7. The first kappa shape index (κ1) is 15.5. The van der Waals surface area contributed by atoms with Gasteiger partial charge in [0.2, 0.25) is 10.0 Å². The molecule has 1 aliphatic rings. The van der Waals surface area contributed by atoms with Gasteiger partial charge in [0.15, 0.2) is 6.10 Å². The van der Waals surface area contributed by atoms with Crippen molar-refractivity contribution in [1.29, 1.82) is 0 Å². The molecule has 0 spiro atoms. The Morgan fingerprint density at radius 2 is 2.04 bits per heavy atom. The number of fused-ring (bicyclic) bond motifs is 1. The summed E-state index contributed by atoms with van der Waals surface area (Å²) in [7, 11) is -3.78. The predicted molar refractivity (Wildman–Crippen MR) is 82.7 cm³/mol. The van der Waals surface area contributed by atoms with E-state index in [9.17, 15) is 13.2 Å². The van der Waals surface area contributed by atoms with E-state index >= 15 is 0 Å². The van der Waals surface area contributed by atoms with E-state index in [1.807, 2.05) is 0 Å². The number of H-pyrrole nitrogens is 1. The second kappa shape index (κ2) is 5.67. The molecule has 2 aromatic rings. The number of para-hydroxylation sites is 2. The fourth-order valence-corrected chi connectivity index (χ4v) is 3.82. The van der Waals surface area contributed by atoms with Crippen LogP contribution in [-0.4, -0.2) is 37.2 Å². The number of aromatic amines is 1. The maximum Gasteiger partial charge on any atom is 0.266 e. The molecule has 1 aromatic heterocycles. The van der Waals surface area contributed by atoms with Crippen LogP contribution in [0.1, 0.15) is 11.4 Å². The number of sulfonamides is 1. The van der Waals surface area contributed by atoms with Crippen LogP contribution in [0.5, 0.6) is 5.75 Å². The summed E-state index contributed by atoms with van der Waals surface area (Å²) in [6.07, 6.45) is -0.938. The van der Waals surface area contributed by atoms with Crippen molar-refractivity contribution in [2.24, 2.45) is 0 Å². The molecule has 23 heavy (non-hydrogen) atoms. The summed E-state index contributed by atoms with van der Waals surface area (Å²) in [5.74, 6) is 0.110. The first-order chi connectivity index (χ1) is 10.9. The minimum Gasteiger partial charge on any atom is -0.477 e. The fourth-order valence-electron chi connectivity index (χ4n) is 2.42. The Bertz CT molecular complexity index is 840. The molecule has 1 atom stereocenters. The number of hydrogen-bond acceptors (Lipinski definition) is 5. The molecular formula is C14H16N4O4S. The number of aromatic nitrogens is 2. The lowest BCUT2D eigenvalue weighted by Gasteiger charge is -2.25. The number of carbonyl (C=O) groups is 1. The van der Waals surface area contributed by atoms with Gasteiger partial charge in [-0.2, -0.15) is 5.10 Å². The van der Waals surface area contributed by atoms with Crippen molar-refractivity contribution < 1.29 is 17.9 Å². The van der Waals surface area contributed by atoms with Gasteiger partial charge in [0, 0.05) is 0 Å². The van der Waals surface area contributed by atoms with Crippen LogP contribution >= 0.6 is 0 Å². The van der Waals surface area contributed by atoms with Gasteiger partial charge in [0.05, 0.1) is 23.6 Å². The number of rotatable bonds is 4. The molecule has 0 bridgehead atoms. The maximum absolute atomic E-state index is 12.4. The molecule has 0 saturated carbocycles. The number of amides is 1.